The Morgan fingerprint density at radius 2 is 1.87 bits per heavy atom. The second-order valence-corrected chi connectivity index (χ2v) is 8.67. The maximum Gasteiger partial charge on any atom is 0.270 e. The van der Waals surface area contributed by atoms with E-state index < -0.39 is 27.4 Å². The van der Waals surface area contributed by atoms with Gasteiger partial charge in [-0.2, -0.15) is 9.41 Å². The van der Waals surface area contributed by atoms with Crippen LogP contribution in [-0.2, 0) is 19.6 Å². The van der Waals surface area contributed by atoms with Crippen LogP contribution in [0.3, 0.4) is 0 Å². The Morgan fingerprint density at radius 1 is 1.23 bits per heavy atom. The van der Waals surface area contributed by atoms with Crippen LogP contribution < -0.4 is 10.7 Å². The van der Waals surface area contributed by atoms with Crippen LogP contribution in [-0.4, -0.2) is 49.3 Å². The molecule has 0 aliphatic heterocycles. The Morgan fingerprint density at radius 3 is 2.45 bits per heavy atom. The molecular formula is C18H18ClN5O6S. The van der Waals surface area contributed by atoms with Crippen molar-refractivity contribution in [3.63, 3.8) is 0 Å². The first-order valence-electron chi connectivity index (χ1n) is 8.60. The molecule has 2 amide bonds. The third-order valence-electron chi connectivity index (χ3n) is 3.83. The first kappa shape index (κ1) is 23.9. The Kier molecular flexibility index (Phi) is 7.80. The van der Waals surface area contributed by atoms with Gasteiger partial charge in [0.25, 0.3) is 11.6 Å². The molecule has 2 aromatic rings. The minimum Gasteiger partial charge on any atom is -0.326 e. The van der Waals surface area contributed by atoms with Crippen molar-refractivity contribution >= 4 is 51.0 Å². The third kappa shape index (κ3) is 6.57. The monoisotopic (exact) mass is 467 g/mol. The highest BCUT2D eigenvalue weighted by molar-refractivity contribution is 7.89. The van der Waals surface area contributed by atoms with Crippen molar-refractivity contribution in [1.29, 1.82) is 0 Å². The van der Waals surface area contributed by atoms with E-state index in [-0.39, 0.29) is 27.1 Å². The predicted molar refractivity (Wildman–Crippen MR) is 114 cm³/mol. The molecular weight excluding hydrogens is 450 g/mol. The van der Waals surface area contributed by atoms with Crippen molar-refractivity contribution in [2.45, 2.75) is 11.8 Å². The zero-order valence-corrected chi connectivity index (χ0v) is 18.0. The third-order valence-corrected chi connectivity index (χ3v) is 5.99. The largest absolute Gasteiger partial charge is 0.326 e. The van der Waals surface area contributed by atoms with Gasteiger partial charge in [0.05, 0.1) is 22.6 Å². The fraction of sp³-hybridized carbons (Fsp3) is 0.167. The summed E-state index contributed by atoms with van der Waals surface area (Å²) in [5, 5.41) is 17.2. The number of nitro benzene ring substituents is 1. The van der Waals surface area contributed by atoms with E-state index in [1.165, 1.54) is 56.4 Å². The quantitative estimate of drug-likeness (QED) is 0.344. The Balaban J connectivity index is 2.01. The molecule has 2 rings (SSSR count). The molecule has 0 unspecified atom stereocenters. The lowest BCUT2D eigenvalue weighted by atomic mass is 10.2. The van der Waals surface area contributed by atoms with Crippen molar-refractivity contribution in [2.24, 2.45) is 5.10 Å². The maximum absolute atomic E-state index is 12.6. The average molecular weight is 468 g/mol. The van der Waals surface area contributed by atoms with Crippen LogP contribution in [0.1, 0.15) is 12.5 Å². The molecule has 0 bridgehead atoms. The van der Waals surface area contributed by atoms with Crippen LogP contribution in [0.2, 0.25) is 5.02 Å². The van der Waals surface area contributed by atoms with Crippen molar-refractivity contribution in [3.8, 4) is 0 Å². The first-order chi connectivity index (χ1) is 14.5. The number of anilines is 1. The standard InChI is InChI=1S/C18H18ClN5O6S/c1-12(25)21-14-3-6-16(7-4-14)31(29,30)23(2)11-18(26)22-20-10-13-9-15(24(27)28)5-8-17(13)19/h3-10H,11H2,1-2H3,(H,21,25)(H,22,26)/b20-10-. The van der Waals surface area contributed by atoms with E-state index in [4.69, 9.17) is 11.6 Å². The van der Waals surface area contributed by atoms with Crippen LogP contribution in [0.4, 0.5) is 11.4 Å². The van der Waals surface area contributed by atoms with Gasteiger partial charge in [-0.05, 0) is 30.3 Å². The summed E-state index contributed by atoms with van der Waals surface area (Å²) in [6.07, 6.45) is 1.11. The molecule has 31 heavy (non-hydrogen) atoms. The molecule has 0 saturated carbocycles. The van der Waals surface area contributed by atoms with Gasteiger partial charge in [-0.25, -0.2) is 13.8 Å². The SMILES string of the molecule is CC(=O)Nc1ccc(S(=O)(=O)N(C)CC(=O)N/N=C\c2cc([N+](=O)[O-])ccc2Cl)cc1. The number of halogens is 1. The van der Waals surface area contributed by atoms with E-state index in [0.717, 1.165) is 10.5 Å². The van der Waals surface area contributed by atoms with Gasteiger partial charge in [-0.1, -0.05) is 11.6 Å². The molecule has 0 atom stereocenters. The molecule has 0 fully saturated rings. The number of hydrogen-bond donors (Lipinski definition) is 2. The Hall–Kier alpha value is -3.35. The summed E-state index contributed by atoms with van der Waals surface area (Å²) >= 11 is 5.93. The molecule has 0 saturated heterocycles. The highest BCUT2D eigenvalue weighted by Gasteiger charge is 2.23. The number of sulfonamides is 1. The van der Waals surface area contributed by atoms with Crippen LogP contribution in [0.5, 0.6) is 0 Å². The number of amides is 2. The van der Waals surface area contributed by atoms with Gasteiger partial charge < -0.3 is 5.32 Å². The number of likely N-dealkylation sites (N-methyl/N-ethyl adjacent to an activating group) is 1. The molecule has 0 radical (unpaired) electrons. The summed E-state index contributed by atoms with van der Waals surface area (Å²) in [5.41, 5.74) is 2.58. The van der Waals surface area contributed by atoms with Crippen LogP contribution in [0.15, 0.2) is 52.5 Å². The zero-order chi connectivity index (χ0) is 23.2. The van der Waals surface area contributed by atoms with Gasteiger partial charge >= 0.3 is 0 Å². The highest BCUT2D eigenvalue weighted by Crippen LogP contribution is 2.20. The maximum atomic E-state index is 12.6. The molecule has 11 nitrogen and oxygen atoms in total. The van der Waals surface area contributed by atoms with Crippen molar-refractivity contribution in [1.82, 2.24) is 9.73 Å². The summed E-state index contributed by atoms with van der Waals surface area (Å²) in [6.45, 7) is 0.794. The molecule has 13 heteroatoms. The van der Waals surface area contributed by atoms with E-state index in [1.807, 2.05) is 0 Å². The van der Waals surface area contributed by atoms with E-state index in [9.17, 15) is 28.1 Å². The van der Waals surface area contributed by atoms with Crippen LogP contribution >= 0.6 is 11.6 Å². The van der Waals surface area contributed by atoms with Gasteiger partial charge in [0.2, 0.25) is 15.9 Å². The molecule has 164 valence electrons. The normalized spacial score (nSPS) is 11.5. The topological polar surface area (TPSA) is 151 Å². The second-order valence-electron chi connectivity index (χ2n) is 6.22. The van der Waals surface area contributed by atoms with E-state index in [1.54, 1.807) is 0 Å². The number of carbonyl (C=O) groups is 2. The molecule has 0 aliphatic rings. The average Bonchev–Trinajstić information content (AvgIpc) is 2.69. The minimum atomic E-state index is -3.97. The van der Waals surface area contributed by atoms with Gasteiger partial charge in [0, 0.05) is 42.4 Å². The molecule has 0 aromatic heterocycles. The predicted octanol–water partition coefficient (Wildman–Crippen LogP) is 1.98. The summed E-state index contributed by atoms with van der Waals surface area (Å²) in [7, 11) is -2.75. The molecule has 0 aliphatic carbocycles. The lowest BCUT2D eigenvalue weighted by Crippen LogP contribution is -2.36. The van der Waals surface area contributed by atoms with E-state index in [0.29, 0.717) is 5.69 Å². The lowest BCUT2D eigenvalue weighted by molar-refractivity contribution is -0.384. The summed E-state index contributed by atoms with van der Waals surface area (Å²) in [5.74, 6) is -1.03. The number of nitrogens with zero attached hydrogens (tertiary/aromatic N) is 3. The highest BCUT2D eigenvalue weighted by atomic mass is 35.5. The summed E-state index contributed by atoms with van der Waals surface area (Å²) < 4.78 is 26.0. The second kappa shape index (κ2) is 10.1. The van der Waals surface area contributed by atoms with Crippen molar-refractivity contribution in [2.75, 3.05) is 18.9 Å². The number of nitrogens with one attached hydrogen (secondary N) is 2. The number of hydrogen-bond acceptors (Lipinski definition) is 7. The number of nitro groups is 1. The lowest BCUT2D eigenvalue weighted by Gasteiger charge is -2.16. The van der Waals surface area contributed by atoms with Crippen LogP contribution in [0, 0.1) is 10.1 Å². The molecule has 0 heterocycles. The van der Waals surface area contributed by atoms with Crippen molar-refractivity contribution in [3.05, 3.63) is 63.2 Å². The van der Waals surface area contributed by atoms with E-state index >= 15 is 0 Å². The smallest absolute Gasteiger partial charge is 0.270 e. The Bertz CT molecular complexity index is 1130. The number of carbonyl (C=O) groups excluding carboxylic acids is 2. The summed E-state index contributed by atoms with van der Waals surface area (Å²) in [6, 6.07) is 9.18. The fourth-order valence-corrected chi connectivity index (χ4v) is 3.63. The Labute approximate surface area is 182 Å². The fourth-order valence-electron chi connectivity index (χ4n) is 2.33. The van der Waals surface area contributed by atoms with Gasteiger partial charge in [-0.3, -0.25) is 19.7 Å². The number of non-ortho nitro benzene ring substituents is 1. The first-order valence-corrected chi connectivity index (χ1v) is 10.4. The van der Waals surface area contributed by atoms with Gasteiger partial charge in [0.1, 0.15) is 0 Å². The number of benzene rings is 2. The summed E-state index contributed by atoms with van der Waals surface area (Å²) in [4.78, 5) is 33.2. The number of rotatable bonds is 8. The number of hydrazone groups is 1. The van der Waals surface area contributed by atoms with Crippen LogP contribution in [0.25, 0.3) is 0 Å². The minimum absolute atomic E-state index is 0.0659. The molecule has 2 N–H and O–H groups in total. The zero-order valence-electron chi connectivity index (χ0n) is 16.4. The molecule has 2 aromatic carbocycles. The molecule has 0 spiro atoms. The van der Waals surface area contributed by atoms with Gasteiger partial charge in [-0.15, -0.1) is 0 Å². The van der Waals surface area contributed by atoms with Gasteiger partial charge in [0.15, 0.2) is 0 Å². The van der Waals surface area contributed by atoms with Crippen molar-refractivity contribution < 1.29 is 22.9 Å². The van der Waals surface area contributed by atoms with E-state index in [2.05, 4.69) is 15.8 Å².